The smallest absolute Gasteiger partial charge is 0.00155 e. The average Bonchev–Trinajstić information content (AvgIpc) is 2.87. The third-order valence-electron chi connectivity index (χ3n) is 4.85. The van der Waals surface area contributed by atoms with Gasteiger partial charge in [0.2, 0.25) is 0 Å². The van der Waals surface area contributed by atoms with E-state index in [-0.39, 0.29) is 0 Å². The minimum Gasteiger partial charge on any atom is -0.128 e. The molecule has 1 saturated carbocycles. The van der Waals surface area contributed by atoms with Gasteiger partial charge in [-0.3, -0.25) is 0 Å². The molecule has 0 N–H and O–H groups in total. The van der Waals surface area contributed by atoms with Gasteiger partial charge in [0.1, 0.15) is 0 Å². The van der Waals surface area contributed by atoms with Gasteiger partial charge in [-0.1, -0.05) is 75.6 Å². The molecule has 1 aromatic heterocycles. The van der Waals surface area contributed by atoms with Crippen LogP contribution in [0.1, 0.15) is 75.4 Å². The van der Waals surface area contributed by atoms with Crippen LogP contribution >= 0.6 is 8.19 Å². The predicted octanol–water partition coefficient (Wildman–Crippen LogP) is 6.87. The van der Waals surface area contributed by atoms with Crippen LogP contribution in [0.2, 0.25) is 0 Å². The van der Waals surface area contributed by atoms with Crippen LogP contribution in [0.15, 0.2) is 30.3 Å². The van der Waals surface area contributed by atoms with Crippen molar-refractivity contribution in [3.8, 4) is 0 Å². The maximum Gasteiger partial charge on any atom is -0.00155 e. The fourth-order valence-electron chi connectivity index (χ4n) is 3.61. The van der Waals surface area contributed by atoms with E-state index < -0.39 is 0 Å². The van der Waals surface area contributed by atoms with Crippen LogP contribution in [-0.4, -0.2) is 0 Å². The fraction of sp³-hybridized carbons (Fsp3) is 0.579. The van der Waals surface area contributed by atoms with Crippen molar-refractivity contribution in [2.24, 2.45) is 0 Å². The first-order valence-electron chi connectivity index (χ1n) is 8.51. The van der Waals surface area contributed by atoms with Crippen molar-refractivity contribution in [1.29, 1.82) is 0 Å². The Morgan fingerprint density at radius 1 is 0.750 bits per heavy atom. The molecule has 0 aliphatic heterocycles. The van der Waals surface area contributed by atoms with Gasteiger partial charge in [-0.25, -0.2) is 0 Å². The van der Waals surface area contributed by atoms with Crippen molar-refractivity contribution in [2.75, 3.05) is 0 Å². The minimum absolute atomic E-state index is 0.874. The standard InChI is InChI=1S/C19H27P/c1-2-4-6-8-12-16(11-7-5-3-1)19-15-17-13-9-10-14-18(17)20-19/h9-10,13-16,20H,1-8,11-12H2. The number of hydrogen-bond donors (Lipinski definition) is 0. The summed E-state index contributed by atoms with van der Waals surface area (Å²) in [5.41, 5.74) is 0. The predicted molar refractivity (Wildman–Crippen MR) is 92.4 cm³/mol. The molecule has 1 atom stereocenters. The molecular formula is C19H27P. The number of hydrogen-bond acceptors (Lipinski definition) is 0. The zero-order valence-corrected chi connectivity index (χ0v) is 13.5. The van der Waals surface area contributed by atoms with Crippen molar-refractivity contribution in [3.05, 3.63) is 35.6 Å². The summed E-state index contributed by atoms with van der Waals surface area (Å²) in [6.07, 6.45) is 14.6. The van der Waals surface area contributed by atoms with Gasteiger partial charge in [-0.2, -0.15) is 0 Å². The van der Waals surface area contributed by atoms with Crippen LogP contribution in [0.25, 0.3) is 10.5 Å². The van der Waals surface area contributed by atoms with Crippen LogP contribution < -0.4 is 0 Å². The van der Waals surface area contributed by atoms with Gasteiger partial charge < -0.3 is 0 Å². The molecule has 0 nitrogen and oxygen atoms in total. The topological polar surface area (TPSA) is 0 Å². The van der Waals surface area contributed by atoms with Crippen molar-refractivity contribution in [2.45, 2.75) is 70.1 Å². The Balaban J connectivity index is 1.73. The third-order valence-corrected chi connectivity index (χ3v) is 6.41. The Morgan fingerprint density at radius 3 is 2.00 bits per heavy atom. The number of benzene rings is 1. The number of rotatable bonds is 1. The van der Waals surface area contributed by atoms with E-state index in [0.29, 0.717) is 0 Å². The van der Waals surface area contributed by atoms with Crippen molar-refractivity contribution < 1.29 is 0 Å². The first-order valence-corrected chi connectivity index (χ1v) is 9.51. The van der Waals surface area contributed by atoms with Crippen LogP contribution in [-0.2, 0) is 0 Å². The van der Waals surface area contributed by atoms with E-state index in [1.807, 2.05) is 0 Å². The molecule has 108 valence electrons. The Hall–Kier alpha value is -0.740. The molecule has 3 rings (SSSR count). The summed E-state index contributed by atoms with van der Waals surface area (Å²) < 4.78 is 0. The summed E-state index contributed by atoms with van der Waals surface area (Å²) in [5.74, 6) is 0.874. The first-order chi connectivity index (χ1) is 9.93. The molecule has 20 heavy (non-hydrogen) atoms. The largest absolute Gasteiger partial charge is 0.128 e. The highest BCUT2D eigenvalue weighted by atomic mass is 31.0. The van der Waals surface area contributed by atoms with Crippen LogP contribution in [0.3, 0.4) is 0 Å². The molecule has 1 aliphatic rings. The molecule has 1 heteroatoms. The van der Waals surface area contributed by atoms with Crippen molar-refractivity contribution in [1.82, 2.24) is 0 Å². The van der Waals surface area contributed by atoms with E-state index in [1.54, 1.807) is 10.4 Å². The normalized spacial score (nSPS) is 20.2. The van der Waals surface area contributed by atoms with E-state index in [0.717, 1.165) is 14.1 Å². The number of fused-ring (bicyclic) bond motifs is 1. The van der Waals surface area contributed by atoms with Gasteiger partial charge in [0.05, 0.1) is 0 Å². The van der Waals surface area contributed by atoms with Gasteiger partial charge in [0, 0.05) is 0 Å². The van der Waals surface area contributed by atoms with E-state index in [2.05, 4.69) is 30.3 Å². The lowest BCUT2D eigenvalue weighted by atomic mass is 9.94. The van der Waals surface area contributed by atoms with Gasteiger partial charge >= 0.3 is 0 Å². The zero-order valence-electron chi connectivity index (χ0n) is 12.5. The van der Waals surface area contributed by atoms with Gasteiger partial charge in [0.15, 0.2) is 0 Å². The van der Waals surface area contributed by atoms with Crippen LogP contribution in [0, 0.1) is 0 Å². The minimum atomic E-state index is 0.874. The summed E-state index contributed by atoms with van der Waals surface area (Å²) in [7, 11) is 0.952. The maximum absolute atomic E-state index is 2.51. The molecule has 0 bridgehead atoms. The lowest BCUT2D eigenvalue weighted by Crippen LogP contribution is -1.96. The van der Waals surface area contributed by atoms with Crippen molar-refractivity contribution >= 4 is 18.7 Å². The van der Waals surface area contributed by atoms with Crippen LogP contribution in [0.4, 0.5) is 0 Å². The van der Waals surface area contributed by atoms with Gasteiger partial charge in [-0.15, -0.1) is 8.19 Å². The molecule has 2 aromatic rings. The second-order valence-electron chi connectivity index (χ2n) is 6.41. The van der Waals surface area contributed by atoms with E-state index >= 15 is 0 Å². The molecule has 0 saturated heterocycles. The highest BCUT2D eigenvalue weighted by Crippen LogP contribution is 2.39. The zero-order chi connectivity index (χ0) is 13.6. The van der Waals surface area contributed by atoms with Gasteiger partial charge in [-0.05, 0) is 40.6 Å². The highest BCUT2D eigenvalue weighted by molar-refractivity contribution is 7.38. The maximum atomic E-state index is 2.51. The summed E-state index contributed by atoms with van der Waals surface area (Å²) in [4.78, 5) is 0. The summed E-state index contributed by atoms with van der Waals surface area (Å²) >= 11 is 0. The Kier molecular flexibility index (Phi) is 5.20. The first kappa shape index (κ1) is 14.2. The van der Waals surface area contributed by atoms with Crippen LogP contribution in [0.5, 0.6) is 0 Å². The monoisotopic (exact) mass is 286 g/mol. The molecule has 0 radical (unpaired) electrons. The lowest BCUT2D eigenvalue weighted by Gasteiger charge is -2.15. The molecule has 0 amide bonds. The fourth-order valence-corrected chi connectivity index (χ4v) is 5.12. The molecule has 1 aliphatic carbocycles. The molecular weight excluding hydrogens is 259 g/mol. The lowest BCUT2D eigenvalue weighted by molar-refractivity contribution is 0.520. The molecule has 0 spiro atoms. The van der Waals surface area contributed by atoms with E-state index in [1.165, 1.54) is 69.6 Å². The second kappa shape index (κ2) is 7.32. The quantitative estimate of drug-likeness (QED) is 0.536. The summed E-state index contributed by atoms with van der Waals surface area (Å²) in [6.45, 7) is 0. The van der Waals surface area contributed by atoms with E-state index in [9.17, 15) is 0 Å². The Morgan fingerprint density at radius 2 is 1.35 bits per heavy atom. The summed E-state index contributed by atoms with van der Waals surface area (Å²) in [5, 5.41) is 4.83. The third kappa shape index (κ3) is 3.67. The van der Waals surface area contributed by atoms with E-state index in [4.69, 9.17) is 0 Å². The Bertz CT molecular complexity index is 480. The SMILES string of the molecule is c1ccc2[pH]c(C3CCCCCCCCCC3)cc2c1. The summed E-state index contributed by atoms with van der Waals surface area (Å²) in [6, 6.07) is 11.5. The second-order valence-corrected chi connectivity index (χ2v) is 7.78. The average molecular weight is 286 g/mol. The Labute approximate surface area is 125 Å². The molecule has 1 heterocycles. The molecule has 1 unspecified atom stereocenters. The molecule has 1 aromatic carbocycles. The van der Waals surface area contributed by atoms with Crippen molar-refractivity contribution in [3.63, 3.8) is 0 Å². The highest BCUT2D eigenvalue weighted by Gasteiger charge is 2.14. The van der Waals surface area contributed by atoms with Gasteiger partial charge in [0.25, 0.3) is 0 Å². The molecule has 1 fully saturated rings.